The molecule has 78 valence electrons. The Morgan fingerprint density at radius 3 is 2.80 bits per heavy atom. The minimum absolute atomic E-state index is 0.249. The van der Waals surface area contributed by atoms with Gasteiger partial charge in [-0.3, -0.25) is 4.79 Å². The fourth-order valence-electron chi connectivity index (χ4n) is 1.11. The van der Waals surface area contributed by atoms with Gasteiger partial charge < -0.3 is 16.8 Å². The zero-order valence-electron chi connectivity index (χ0n) is 8.16. The van der Waals surface area contributed by atoms with Crippen molar-refractivity contribution >= 4 is 17.3 Å². The predicted octanol–water partition coefficient (Wildman–Crippen LogP) is 0.428. The van der Waals surface area contributed by atoms with Crippen LogP contribution >= 0.6 is 0 Å². The van der Waals surface area contributed by atoms with Gasteiger partial charge in [0, 0.05) is 13.0 Å². The van der Waals surface area contributed by atoms with Crippen LogP contribution in [0, 0.1) is 11.3 Å². The largest absolute Gasteiger partial charge is 0.397 e. The van der Waals surface area contributed by atoms with Crippen LogP contribution in [0.2, 0.25) is 0 Å². The first kappa shape index (κ1) is 10.9. The number of hydrogen-bond donors (Lipinski definition) is 3. The molecule has 5 nitrogen and oxygen atoms in total. The Bertz CT molecular complexity index is 408. The van der Waals surface area contributed by atoms with Gasteiger partial charge in [0.25, 0.3) is 0 Å². The Balaban J connectivity index is 2.63. The van der Waals surface area contributed by atoms with Gasteiger partial charge in [-0.1, -0.05) is 0 Å². The summed E-state index contributed by atoms with van der Waals surface area (Å²) in [6, 6.07) is 6.92. The molecule has 0 unspecified atom stereocenters. The van der Waals surface area contributed by atoms with Gasteiger partial charge in [0.15, 0.2) is 0 Å². The first-order chi connectivity index (χ1) is 7.13. The van der Waals surface area contributed by atoms with Crippen LogP contribution in [-0.4, -0.2) is 12.5 Å². The molecule has 0 saturated carbocycles. The molecule has 15 heavy (non-hydrogen) atoms. The molecular weight excluding hydrogens is 192 g/mol. The number of nitriles is 1. The number of carbonyl (C=O) groups excluding carboxylic acids is 1. The summed E-state index contributed by atoms with van der Waals surface area (Å²) in [7, 11) is 0. The van der Waals surface area contributed by atoms with Gasteiger partial charge in [-0.15, -0.1) is 0 Å². The van der Waals surface area contributed by atoms with Gasteiger partial charge in [0.05, 0.1) is 23.0 Å². The Kier molecular flexibility index (Phi) is 3.52. The monoisotopic (exact) mass is 204 g/mol. The summed E-state index contributed by atoms with van der Waals surface area (Å²) in [4.78, 5) is 10.5. The van der Waals surface area contributed by atoms with Crippen LogP contribution < -0.4 is 16.8 Å². The third kappa shape index (κ3) is 3.19. The Morgan fingerprint density at radius 2 is 2.27 bits per heavy atom. The molecule has 0 radical (unpaired) electrons. The highest BCUT2D eigenvalue weighted by Gasteiger charge is 2.00. The number of carbonyl (C=O) groups is 1. The lowest BCUT2D eigenvalue weighted by Crippen LogP contribution is -2.16. The number of nitrogen functional groups attached to an aromatic ring is 1. The molecule has 1 aromatic rings. The van der Waals surface area contributed by atoms with E-state index in [0.717, 1.165) is 0 Å². The molecule has 0 aliphatic heterocycles. The Morgan fingerprint density at radius 1 is 1.53 bits per heavy atom. The summed E-state index contributed by atoms with van der Waals surface area (Å²) >= 11 is 0. The number of benzene rings is 1. The zero-order valence-corrected chi connectivity index (χ0v) is 8.16. The fourth-order valence-corrected chi connectivity index (χ4v) is 1.11. The highest BCUT2D eigenvalue weighted by Crippen LogP contribution is 2.19. The number of hydrogen-bond acceptors (Lipinski definition) is 4. The third-order valence-corrected chi connectivity index (χ3v) is 1.87. The van der Waals surface area contributed by atoms with Crippen LogP contribution in [0.5, 0.6) is 0 Å². The number of anilines is 2. The maximum Gasteiger partial charge on any atom is 0.219 e. The van der Waals surface area contributed by atoms with Gasteiger partial charge in [-0.05, 0) is 18.2 Å². The topological polar surface area (TPSA) is 105 Å². The van der Waals surface area contributed by atoms with E-state index < -0.39 is 0 Å². The van der Waals surface area contributed by atoms with Gasteiger partial charge in [-0.25, -0.2) is 0 Å². The molecule has 0 atom stereocenters. The highest BCUT2D eigenvalue weighted by molar-refractivity contribution is 5.75. The number of rotatable bonds is 4. The second-order valence-electron chi connectivity index (χ2n) is 3.06. The van der Waals surface area contributed by atoms with Crippen molar-refractivity contribution in [1.82, 2.24) is 0 Å². The first-order valence-electron chi connectivity index (χ1n) is 4.45. The van der Waals surface area contributed by atoms with Crippen LogP contribution in [0.15, 0.2) is 18.2 Å². The normalized spacial score (nSPS) is 9.27. The number of amides is 1. The van der Waals surface area contributed by atoms with Gasteiger partial charge in [-0.2, -0.15) is 5.26 Å². The van der Waals surface area contributed by atoms with Gasteiger partial charge in [0.1, 0.15) is 0 Å². The molecule has 0 aliphatic rings. The molecule has 5 heteroatoms. The summed E-state index contributed by atoms with van der Waals surface area (Å²) in [6.45, 7) is 0.436. The van der Waals surface area contributed by atoms with Crippen molar-refractivity contribution < 1.29 is 4.79 Å². The van der Waals surface area contributed by atoms with Crippen molar-refractivity contribution in [3.05, 3.63) is 23.8 Å². The molecule has 0 heterocycles. The second kappa shape index (κ2) is 4.86. The minimum atomic E-state index is -0.366. The number of primary amides is 1. The van der Waals surface area contributed by atoms with Crippen molar-refractivity contribution in [3.63, 3.8) is 0 Å². The van der Waals surface area contributed by atoms with E-state index in [9.17, 15) is 4.79 Å². The summed E-state index contributed by atoms with van der Waals surface area (Å²) < 4.78 is 0. The molecule has 0 fully saturated rings. The number of nitrogens with one attached hydrogen (secondary N) is 1. The van der Waals surface area contributed by atoms with Crippen molar-refractivity contribution in [2.24, 2.45) is 5.73 Å². The molecule has 1 aromatic carbocycles. The fraction of sp³-hybridized carbons (Fsp3) is 0.200. The summed E-state index contributed by atoms with van der Waals surface area (Å²) in [5.41, 5.74) is 12.4. The van der Waals surface area contributed by atoms with Gasteiger partial charge in [0.2, 0.25) is 5.91 Å². The van der Waals surface area contributed by atoms with Crippen molar-refractivity contribution in [2.45, 2.75) is 6.42 Å². The van der Waals surface area contributed by atoms with E-state index in [1.54, 1.807) is 18.2 Å². The second-order valence-corrected chi connectivity index (χ2v) is 3.06. The summed E-state index contributed by atoms with van der Waals surface area (Å²) in [5, 5.41) is 11.6. The lowest BCUT2D eigenvalue weighted by Gasteiger charge is -2.07. The molecule has 0 aromatic heterocycles. The SMILES string of the molecule is N#Cc1ccc(NCCC(N)=O)c(N)c1. The van der Waals surface area contributed by atoms with Crippen molar-refractivity contribution in [3.8, 4) is 6.07 Å². The Labute approximate surface area is 87.7 Å². The van der Waals surface area contributed by atoms with Crippen molar-refractivity contribution in [1.29, 1.82) is 5.26 Å². The first-order valence-corrected chi connectivity index (χ1v) is 4.45. The van der Waals surface area contributed by atoms with Crippen LogP contribution in [0.1, 0.15) is 12.0 Å². The lowest BCUT2D eigenvalue weighted by atomic mass is 10.2. The molecule has 1 rings (SSSR count). The molecule has 0 bridgehead atoms. The predicted molar refractivity (Wildman–Crippen MR) is 57.9 cm³/mol. The average molecular weight is 204 g/mol. The van der Waals surface area contributed by atoms with E-state index in [1.807, 2.05) is 6.07 Å². The quantitative estimate of drug-likeness (QED) is 0.618. The van der Waals surface area contributed by atoms with E-state index >= 15 is 0 Å². The Hall–Kier alpha value is -2.22. The van der Waals surface area contributed by atoms with Crippen LogP contribution in [0.3, 0.4) is 0 Å². The average Bonchev–Trinajstić information content (AvgIpc) is 2.20. The molecular formula is C10H12N4O. The molecule has 1 amide bonds. The summed E-state index contributed by atoms with van der Waals surface area (Å²) in [5.74, 6) is -0.366. The van der Waals surface area contributed by atoms with Crippen LogP contribution in [-0.2, 0) is 4.79 Å². The smallest absolute Gasteiger partial charge is 0.219 e. The molecule has 0 aliphatic carbocycles. The van der Waals surface area contributed by atoms with E-state index in [2.05, 4.69) is 5.32 Å². The lowest BCUT2D eigenvalue weighted by molar-refractivity contribution is -0.117. The van der Waals surface area contributed by atoms with Crippen LogP contribution in [0.4, 0.5) is 11.4 Å². The third-order valence-electron chi connectivity index (χ3n) is 1.87. The number of nitrogens with two attached hydrogens (primary N) is 2. The highest BCUT2D eigenvalue weighted by atomic mass is 16.1. The van der Waals surface area contributed by atoms with Crippen LogP contribution in [0.25, 0.3) is 0 Å². The van der Waals surface area contributed by atoms with E-state index in [1.165, 1.54) is 0 Å². The number of nitrogens with zero attached hydrogens (tertiary/aromatic N) is 1. The zero-order chi connectivity index (χ0) is 11.3. The minimum Gasteiger partial charge on any atom is -0.397 e. The molecule has 0 spiro atoms. The van der Waals surface area contributed by atoms with E-state index in [-0.39, 0.29) is 12.3 Å². The maximum absolute atomic E-state index is 10.5. The molecule has 0 saturated heterocycles. The maximum atomic E-state index is 10.5. The van der Waals surface area contributed by atoms with Gasteiger partial charge >= 0.3 is 0 Å². The summed E-state index contributed by atoms with van der Waals surface area (Å²) in [6.07, 6.45) is 0.249. The standard InChI is InChI=1S/C10H12N4O/c11-6-7-1-2-9(8(12)5-7)14-4-3-10(13)15/h1-2,5,14H,3-4,12H2,(H2,13,15). The van der Waals surface area contributed by atoms with Crippen molar-refractivity contribution in [2.75, 3.05) is 17.6 Å². The van der Waals surface area contributed by atoms with E-state index in [4.69, 9.17) is 16.7 Å². The molecule has 5 N–H and O–H groups in total. The van der Waals surface area contributed by atoms with E-state index in [0.29, 0.717) is 23.5 Å².